The van der Waals surface area contributed by atoms with Crippen molar-refractivity contribution in [2.45, 2.75) is 51.3 Å². The van der Waals surface area contributed by atoms with Gasteiger partial charge in [-0.3, -0.25) is 4.90 Å². The Balaban J connectivity index is 2.75. The van der Waals surface area contributed by atoms with E-state index in [1.165, 1.54) is 4.90 Å². The minimum Gasteiger partial charge on any atom is -0.444 e. The molecule has 2 atom stereocenters. The van der Waals surface area contributed by atoms with Crippen LogP contribution in [0, 0.1) is 11.3 Å². The molecule has 0 radical (unpaired) electrons. The molecule has 1 saturated heterocycles. The maximum absolute atomic E-state index is 11.8. The van der Waals surface area contributed by atoms with Gasteiger partial charge in [0, 0.05) is 0 Å². The van der Waals surface area contributed by atoms with Gasteiger partial charge in [-0.2, -0.15) is 5.26 Å². The molecule has 0 saturated carbocycles. The summed E-state index contributed by atoms with van der Waals surface area (Å²) >= 11 is 0. The van der Waals surface area contributed by atoms with Gasteiger partial charge in [-0.15, -0.1) is 0 Å². The lowest BCUT2D eigenvalue weighted by atomic mass is 10.2. The number of hydrogen-bond acceptors (Lipinski definition) is 4. The first-order valence-corrected chi connectivity index (χ1v) is 5.41. The van der Waals surface area contributed by atoms with E-state index >= 15 is 0 Å². The molecule has 1 N–H and O–H groups in total. The van der Waals surface area contributed by atoms with Gasteiger partial charge in [-0.1, -0.05) is 0 Å². The molecule has 0 spiro atoms. The van der Waals surface area contributed by atoms with Gasteiger partial charge in [0.05, 0.1) is 18.7 Å². The number of carbonyl (C=O) groups is 1. The molecule has 1 aliphatic rings. The van der Waals surface area contributed by atoms with E-state index in [1.807, 2.05) is 0 Å². The summed E-state index contributed by atoms with van der Waals surface area (Å²) in [6.45, 7) is 5.19. The van der Waals surface area contributed by atoms with Crippen LogP contribution >= 0.6 is 0 Å². The molecule has 5 heteroatoms. The third-order valence-electron chi connectivity index (χ3n) is 2.47. The van der Waals surface area contributed by atoms with Crippen LogP contribution < -0.4 is 0 Å². The Hall–Kier alpha value is -1.28. The summed E-state index contributed by atoms with van der Waals surface area (Å²) in [7, 11) is 0. The summed E-state index contributed by atoms with van der Waals surface area (Å²) < 4.78 is 5.21. The Morgan fingerprint density at radius 2 is 2.19 bits per heavy atom. The summed E-state index contributed by atoms with van der Waals surface area (Å²) in [6, 6.07) is 1.29. The van der Waals surface area contributed by atoms with Crippen molar-refractivity contribution >= 4 is 6.09 Å². The largest absolute Gasteiger partial charge is 0.444 e. The van der Waals surface area contributed by atoms with Crippen molar-refractivity contribution in [2.24, 2.45) is 0 Å². The number of nitrogens with zero attached hydrogens (tertiary/aromatic N) is 2. The molecule has 0 aromatic rings. The third kappa shape index (κ3) is 2.86. The SMILES string of the molecule is CC(C)(C)OC(=O)N1C(C#N)CC[C@H]1CO. The minimum absolute atomic E-state index is 0.128. The first kappa shape index (κ1) is 12.8. The number of aliphatic hydroxyl groups is 1. The van der Waals surface area contributed by atoms with Gasteiger partial charge in [0.1, 0.15) is 11.6 Å². The number of likely N-dealkylation sites (tertiary alicyclic amines) is 1. The molecule has 1 unspecified atom stereocenters. The van der Waals surface area contributed by atoms with Gasteiger partial charge < -0.3 is 9.84 Å². The molecule has 1 amide bonds. The second-order valence-corrected chi connectivity index (χ2v) is 4.95. The number of aliphatic hydroxyl groups excluding tert-OH is 1. The lowest BCUT2D eigenvalue weighted by Crippen LogP contribution is -2.45. The van der Waals surface area contributed by atoms with Crippen molar-refractivity contribution in [3.05, 3.63) is 0 Å². The molecule has 0 aromatic heterocycles. The van der Waals surface area contributed by atoms with Crippen molar-refractivity contribution < 1.29 is 14.6 Å². The van der Waals surface area contributed by atoms with E-state index < -0.39 is 17.7 Å². The van der Waals surface area contributed by atoms with Gasteiger partial charge in [-0.25, -0.2) is 4.79 Å². The zero-order valence-corrected chi connectivity index (χ0v) is 9.93. The molecule has 1 aliphatic heterocycles. The summed E-state index contributed by atoms with van der Waals surface area (Å²) in [6.07, 6.45) is 0.727. The Morgan fingerprint density at radius 3 is 2.62 bits per heavy atom. The first-order chi connectivity index (χ1) is 7.39. The molecular formula is C11H18N2O3. The topological polar surface area (TPSA) is 73.6 Å². The zero-order chi connectivity index (χ0) is 12.3. The lowest BCUT2D eigenvalue weighted by molar-refractivity contribution is 0.0131. The van der Waals surface area contributed by atoms with Crippen LogP contribution in [0.15, 0.2) is 0 Å². The first-order valence-electron chi connectivity index (χ1n) is 5.41. The number of carbonyl (C=O) groups excluding carboxylic acids is 1. The van der Waals surface area contributed by atoms with Crippen molar-refractivity contribution in [3.8, 4) is 6.07 Å². The fourth-order valence-corrected chi connectivity index (χ4v) is 1.78. The molecule has 0 aliphatic carbocycles. The lowest BCUT2D eigenvalue weighted by Gasteiger charge is -2.29. The van der Waals surface area contributed by atoms with Crippen LogP contribution in [0.5, 0.6) is 0 Å². The van der Waals surface area contributed by atoms with E-state index in [0.717, 1.165) is 0 Å². The van der Waals surface area contributed by atoms with Crippen molar-refractivity contribution in [1.29, 1.82) is 5.26 Å². The van der Waals surface area contributed by atoms with Crippen LogP contribution in [0.4, 0.5) is 4.79 Å². The molecule has 1 heterocycles. The van der Waals surface area contributed by atoms with E-state index in [-0.39, 0.29) is 12.6 Å². The predicted octanol–water partition coefficient (Wildman–Crippen LogP) is 1.27. The fourth-order valence-electron chi connectivity index (χ4n) is 1.78. The predicted molar refractivity (Wildman–Crippen MR) is 57.6 cm³/mol. The van der Waals surface area contributed by atoms with Crippen LogP contribution in [0.2, 0.25) is 0 Å². The Kier molecular flexibility index (Phi) is 3.76. The van der Waals surface area contributed by atoms with Crippen LogP contribution in [-0.2, 0) is 4.74 Å². The molecular weight excluding hydrogens is 208 g/mol. The van der Waals surface area contributed by atoms with E-state index in [0.29, 0.717) is 12.8 Å². The normalized spacial score (nSPS) is 25.3. The maximum Gasteiger partial charge on any atom is 0.411 e. The Morgan fingerprint density at radius 1 is 1.56 bits per heavy atom. The standard InChI is InChI=1S/C11H18N2O3/c1-11(2,3)16-10(15)13-8(6-12)4-5-9(13)7-14/h8-9,14H,4-5,7H2,1-3H3/t8?,9-/m0/s1. The van der Waals surface area contributed by atoms with E-state index in [2.05, 4.69) is 6.07 Å². The molecule has 0 aromatic carbocycles. The zero-order valence-electron chi connectivity index (χ0n) is 9.93. The van der Waals surface area contributed by atoms with Crippen LogP contribution in [0.1, 0.15) is 33.6 Å². The average Bonchev–Trinajstić information content (AvgIpc) is 2.57. The molecule has 0 bridgehead atoms. The van der Waals surface area contributed by atoms with Crippen molar-refractivity contribution in [3.63, 3.8) is 0 Å². The highest BCUT2D eigenvalue weighted by Gasteiger charge is 2.38. The van der Waals surface area contributed by atoms with E-state index in [1.54, 1.807) is 20.8 Å². The molecule has 1 fully saturated rings. The van der Waals surface area contributed by atoms with Crippen molar-refractivity contribution in [2.75, 3.05) is 6.61 Å². The number of amides is 1. The number of nitriles is 1. The summed E-state index contributed by atoms with van der Waals surface area (Å²) in [5.41, 5.74) is -0.584. The quantitative estimate of drug-likeness (QED) is 0.730. The maximum atomic E-state index is 11.8. The van der Waals surface area contributed by atoms with Crippen LogP contribution in [0.25, 0.3) is 0 Å². The van der Waals surface area contributed by atoms with Gasteiger partial charge in [0.15, 0.2) is 0 Å². The summed E-state index contributed by atoms with van der Waals surface area (Å²) in [5.74, 6) is 0. The molecule has 1 rings (SSSR count). The van der Waals surface area contributed by atoms with Crippen LogP contribution in [0.3, 0.4) is 0 Å². The van der Waals surface area contributed by atoms with Gasteiger partial charge in [-0.05, 0) is 33.6 Å². The minimum atomic E-state index is -0.584. The molecule has 16 heavy (non-hydrogen) atoms. The van der Waals surface area contributed by atoms with Crippen LogP contribution in [-0.4, -0.2) is 40.4 Å². The second-order valence-electron chi connectivity index (χ2n) is 4.95. The van der Waals surface area contributed by atoms with Gasteiger partial charge in [0.2, 0.25) is 0 Å². The van der Waals surface area contributed by atoms with E-state index in [4.69, 9.17) is 15.1 Å². The van der Waals surface area contributed by atoms with Gasteiger partial charge >= 0.3 is 6.09 Å². The smallest absolute Gasteiger partial charge is 0.411 e. The van der Waals surface area contributed by atoms with Gasteiger partial charge in [0.25, 0.3) is 0 Å². The molecule has 5 nitrogen and oxygen atoms in total. The van der Waals surface area contributed by atoms with Crippen molar-refractivity contribution in [1.82, 2.24) is 4.90 Å². The number of hydrogen-bond donors (Lipinski definition) is 1. The Bertz CT molecular complexity index is 303. The van der Waals surface area contributed by atoms with E-state index in [9.17, 15) is 4.79 Å². The highest BCUT2D eigenvalue weighted by molar-refractivity contribution is 5.70. The number of rotatable bonds is 1. The monoisotopic (exact) mass is 226 g/mol. The average molecular weight is 226 g/mol. The second kappa shape index (κ2) is 4.71. The fraction of sp³-hybridized carbons (Fsp3) is 0.818. The Labute approximate surface area is 95.6 Å². The number of ether oxygens (including phenoxy) is 1. The summed E-state index contributed by atoms with van der Waals surface area (Å²) in [5, 5.41) is 18.1. The summed E-state index contributed by atoms with van der Waals surface area (Å²) in [4.78, 5) is 13.2. The highest BCUT2D eigenvalue weighted by atomic mass is 16.6. The highest BCUT2D eigenvalue weighted by Crippen LogP contribution is 2.25. The molecule has 90 valence electrons. The third-order valence-corrected chi connectivity index (χ3v) is 2.47.